The molecule has 0 saturated heterocycles. The fourth-order valence-corrected chi connectivity index (χ4v) is 2.36. The van der Waals surface area contributed by atoms with Gasteiger partial charge in [0, 0.05) is 6.42 Å². The summed E-state index contributed by atoms with van der Waals surface area (Å²) in [6.07, 6.45) is 0.850. The van der Waals surface area contributed by atoms with Crippen LogP contribution >= 0.6 is 0 Å². The Balaban J connectivity index is 2.05. The molecule has 0 aliphatic carbocycles. The Morgan fingerprint density at radius 2 is 2.05 bits per heavy atom. The maximum Gasteiger partial charge on any atom is 0.337 e. The molecule has 1 heterocycles. The van der Waals surface area contributed by atoms with Crippen molar-refractivity contribution in [1.29, 1.82) is 0 Å². The van der Waals surface area contributed by atoms with E-state index in [4.69, 9.17) is 4.74 Å². The first-order valence-corrected chi connectivity index (χ1v) is 6.32. The summed E-state index contributed by atoms with van der Waals surface area (Å²) in [7, 11) is 1.28. The van der Waals surface area contributed by atoms with E-state index in [1.807, 2.05) is 18.2 Å². The Morgan fingerprint density at radius 3 is 2.85 bits per heavy atom. The van der Waals surface area contributed by atoms with E-state index in [0.717, 1.165) is 23.3 Å². The van der Waals surface area contributed by atoms with E-state index in [1.54, 1.807) is 6.07 Å². The van der Waals surface area contributed by atoms with Crippen molar-refractivity contribution >= 4 is 5.97 Å². The van der Waals surface area contributed by atoms with Gasteiger partial charge in [0.25, 0.3) is 0 Å². The number of rotatable bonds is 2. The van der Waals surface area contributed by atoms with Crippen molar-refractivity contribution in [3.05, 3.63) is 53.3 Å². The van der Waals surface area contributed by atoms with Crippen LogP contribution in [0.1, 0.15) is 15.9 Å². The molecule has 1 aliphatic rings. The summed E-state index contributed by atoms with van der Waals surface area (Å²) in [6, 6.07) is 9.92. The average molecular weight is 272 g/mol. The summed E-state index contributed by atoms with van der Waals surface area (Å²) in [5.74, 6) is -0.131. The fraction of sp³-hybridized carbons (Fsp3) is 0.188. The van der Waals surface area contributed by atoms with Crippen LogP contribution in [0.3, 0.4) is 0 Å². The maximum atomic E-state index is 13.7. The predicted octanol–water partition coefficient (Wildman–Crippen LogP) is 3.21. The zero-order valence-electron chi connectivity index (χ0n) is 11.0. The van der Waals surface area contributed by atoms with Crippen LogP contribution in [-0.4, -0.2) is 19.7 Å². The van der Waals surface area contributed by atoms with E-state index in [1.165, 1.54) is 19.2 Å². The molecule has 0 unspecified atom stereocenters. The highest BCUT2D eigenvalue weighted by atomic mass is 19.1. The number of ether oxygens (including phenoxy) is 2. The average Bonchev–Trinajstić information content (AvgIpc) is 2.93. The van der Waals surface area contributed by atoms with Gasteiger partial charge in [-0.15, -0.1) is 0 Å². The molecule has 0 aromatic heterocycles. The maximum absolute atomic E-state index is 13.7. The number of carbonyl (C=O) groups excluding carboxylic acids is 1. The molecule has 102 valence electrons. The highest BCUT2D eigenvalue weighted by Crippen LogP contribution is 2.31. The molecule has 0 radical (unpaired) electrons. The third-order valence-electron chi connectivity index (χ3n) is 3.34. The smallest absolute Gasteiger partial charge is 0.337 e. The second-order valence-electron chi connectivity index (χ2n) is 4.64. The molecular weight excluding hydrogens is 259 g/mol. The number of esters is 1. The van der Waals surface area contributed by atoms with E-state index in [9.17, 15) is 9.18 Å². The number of methoxy groups -OCH3 is 1. The van der Waals surface area contributed by atoms with E-state index < -0.39 is 11.8 Å². The first kappa shape index (κ1) is 12.7. The van der Waals surface area contributed by atoms with Crippen LogP contribution in [0.5, 0.6) is 5.75 Å². The van der Waals surface area contributed by atoms with Crippen LogP contribution < -0.4 is 4.74 Å². The Kier molecular flexibility index (Phi) is 3.14. The lowest BCUT2D eigenvalue weighted by molar-refractivity contribution is 0.0600. The third kappa shape index (κ3) is 2.25. The first-order valence-electron chi connectivity index (χ1n) is 6.32. The molecule has 0 spiro atoms. The van der Waals surface area contributed by atoms with Crippen molar-refractivity contribution in [3.8, 4) is 16.9 Å². The Morgan fingerprint density at radius 1 is 1.20 bits per heavy atom. The molecule has 3 nitrogen and oxygen atoms in total. The topological polar surface area (TPSA) is 35.5 Å². The zero-order valence-corrected chi connectivity index (χ0v) is 11.0. The molecule has 0 bridgehead atoms. The van der Waals surface area contributed by atoms with Crippen LogP contribution in [0.25, 0.3) is 11.1 Å². The second kappa shape index (κ2) is 4.96. The lowest BCUT2D eigenvalue weighted by Gasteiger charge is -2.07. The van der Waals surface area contributed by atoms with Crippen molar-refractivity contribution in [2.24, 2.45) is 0 Å². The van der Waals surface area contributed by atoms with Crippen LogP contribution in [0.15, 0.2) is 36.4 Å². The van der Waals surface area contributed by atoms with Gasteiger partial charge in [-0.2, -0.15) is 0 Å². The van der Waals surface area contributed by atoms with Gasteiger partial charge in [0.15, 0.2) is 0 Å². The molecule has 2 aromatic rings. The van der Waals surface area contributed by atoms with Gasteiger partial charge in [-0.1, -0.05) is 6.07 Å². The van der Waals surface area contributed by atoms with Gasteiger partial charge >= 0.3 is 5.97 Å². The van der Waals surface area contributed by atoms with E-state index in [2.05, 4.69) is 4.74 Å². The molecule has 2 aromatic carbocycles. The van der Waals surface area contributed by atoms with Crippen molar-refractivity contribution in [2.75, 3.05) is 13.7 Å². The van der Waals surface area contributed by atoms with Gasteiger partial charge in [0.05, 0.1) is 19.3 Å². The predicted molar refractivity (Wildman–Crippen MR) is 72.4 cm³/mol. The van der Waals surface area contributed by atoms with Crippen LogP contribution in [0, 0.1) is 5.82 Å². The summed E-state index contributed by atoms with van der Waals surface area (Å²) >= 11 is 0. The minimum Gasteiger partial charge on any atom is -0.493 e. The molecule has 0 N–H and O–H groups in total. The molecule has 0 saturated carbocycles. The van der Waals surface area contributed by atoms with Crippen molar-refractivity contribution in [3.63, 3.8) is 0 Å². The molecule has 20 heavy (non-hydrogen) atoms. The van der Waals surface area contributed by atoms with Gasteiger partial charge in [-0.05, 0) is 47.0 Å². The van der Waals surface area contributed by atoms with E-state index in [-0.39, 0.29) is 5.56 Å². The van der Waals surface area contributed by atoms with Gasteiger partial charge < -0.3 is 9.47 Å². The monoisotopic (exact) mass is 272 g/mol. The number of hydrogen-bond acceptors (Lipinski definition) is 3. The fourth-order valence-electron chi connectivity index (χ4n) is 2.36. The number of halogens is 1. The van der Waals surface area contributed by atoms with Crippen LogP contribution in [0.4, 0.5) is 4.39 Å². The molecule has 0 fully saturated rings. The van der Waals surface area contributed by atoms with Gasteiger partial charge in [0.2, 0.25) is 0 Å². The van der Waals surface area contributed by atoms with E-state index >= 15 is 0 Å². The lowest BCUT2D eigenvalue weighted by atomic mass is 10.00. The molecule has 4 heteroatoms. The summed E-state index contributed by atoms with van der Waals surface area (Å²) in [5.41, 5.74) is 2.82. The summed E-state index contributed by atoms with van der Waals surface area (Å²) in [4.78, 5) is 11.5. The van der Waals surface area contributed by atoms with E-state index in [0.29, 0.717) is 12.2 Å². The Hall–Kier alpha value is -2.36. The number of carbonyl (C=O) groups is 1. The lowest BCUT2D eigenvalue weighted by Crippen LogP contribution is -2.02. The first-order chi connectivity index (χ1) is 9.67. The summed E-state index contributed by atoms with van der Waals surface area (Å²) in [5, 5.41) is 0. The van der Waals surface area contributed by atoms with Crippen molar-refractivity contribution in [1.82, 2.24) is 0 Å². The SMILES string of the molecule is COC(=O)c1cc(F)cc(-c2ccc3c(c2)CCO3)c1. The number of fused-ring (bicyclic) bond motifs is 1. The van der Waals surface area contributed by atoms with Crippen molar-refractivity contribution in [2.45, 2.75) is 6.42 Å². The molecular formula is C16H13FO3. The van der Waals surface area contributed by atoms with Gasteiger partial charge in [-0.25, -0.2) is 9.18 Å². The number of hydrogen-bond donors (Lipinski definition) is 0. The minimum absolute atomic E-state index is 0.208. The second-order valence-corrected chi connectivity index (χ2v) is 4.64. The highest BCUT2D eigenvalue weighted by Gasteiger charge is 2.14. The van der Waals surface area contributed by atoms with Gasteiger partial charge in [0.1, 0.15) is 11.6 Å². The summed E-state index contributed by atoms with van der Waals surface area (Å²) in [6.45, 7) is 0.676. The van der Waals surface area contributed by atoms with Gasteiger partial charge in [-0.3, -0.25) is 0 Å². The highest BCUT2D eigenvalue weighted by molar-refractivity contribution is 5.91. The molecule has 0 amide bonds. The molecule has 1 aliphatic heterocycles. The van der Waals surface area contributed by atoms with Crippen LogP contribution in [-0.2, 0) is 11.2 Å². The Labute approximate surface area is 115 Å². The van der Waals surface area contributed by atoms with Crippen molar-refractivity contribution < 1.29 is 18.7 Å². The third-order valence-corrected chi connectivity index (χ3v) is 3.34. The quantitative estimate of drug-likeness (QED) is 0.787. The standard InChI is InChI=1S/C16H13FO3/c1-19-16(18)13-7-12(8-14(17)9-13)10-2-3-15-11(6-10)4-5-20-15/h2-3,6-9H,4-5H2,1H3. The van der Waals surface area contributed by atoms with Crippen LogP contribution in [0.2, 0.25) is 0 Å². The largest absolute Gasteiger partial charge is 0.493 e. The minimum atomic E-state index is -0.546. The molecule has 0 atom stereocenters. The zero-order chi connectivity index (χ0) is 14.1. The summed E-state index contributed by atoms with van der Waals surface area (Å²) < 4.78 is 23.7. The molecule has 3 rings (SSSR count). The number of benzene rings is 2. The normalized spacial score (nSPS) is 12.7. The Bertz CT molecular complexity index is 679.